The lowest BCUT2D eigenvalue weighted by atomic mass is 10.5. The van der Waals surface area contributed by atoms with Crippen LogP contribution in [0.3, 0.4) is 0 Å². The maximum atomic E-state index is 5.04. The predicted molar refractivity (Wildman–Crippen MR) is 44.5 cm³/mol. The maximum Gasteiger partial charge on any atom is 0.191 e. The van der Waals surface area contributed by atoms with Crippen LogP contribution in [0.4, 0.5) is 0 Å². The van der Waals surface area contributed by atoms with Crippen molar-refractivity contribution in [3.8, 4) is 0 Å². The molecule has 0 aliphatic carbocycles. The topological polar surface area (TPSA) is 38.9 Å². The number of hydrogen-bond acceptors (Lipinski definition) is 3. The van der Waals surface area contributed by atoms with Gasteiger partial charge in [-0.25, -0.2) is 9.97 Å². The van der Waals surface area contributed by atoms with Crippen molar-refractivity contribution in [3.05, 3.63) is 22.4 Å². The highest BCUT2D eigenvalue weighted by molar-refractivity contribution is 14.1. The van der Waals surface area contributed by atoms with E-state index < -0.39 is 0 Å². The van der Waals surface area contributed by atoms with Gasteiger partial charge in [0.25, 0.3) is 0 Å². The standard InChI is InChI=1S/C6H3IN2O/c7-6-8-3-5-4(9-6)1-2-10-5/h1-3H. The van der Waals surface area contributed by atoms with Gasteiger partial charge in [0, 0.05) is 28.7 Å². The number of halogens is 1. The van der Waals surface area contributed by atoms with E-state index in [4.69, 9.17) is 4.42 Å². The van der Waals surface area contributed by atoms with Crippen molar-refractivity contribution in [1.82, 2.24) is 9.97 Å². The zero-order valence-corrected chi connectivity index (χ0v) is 7.07. The summed E-state index contributed by atoms with van der Waals surface area (Å²) in [5.74, 6) is 0. The molecule has 4 heteroatoms. The van der Waals surface area contributed by atoms with E-state index in [1.54, 1.807) is 12.5 Å². The van der Waals surface area contributed by atoms with E-state index in [2.05, 4.69) is 32.6 Å². The molecule has 0 aromatic carbocycles. The molecule has 2 aromatic heterocycles. The summed E-state index contributed by atoms with van der Waals surface area (Å²) >= 11 is 2.06. The van der Waals surface area contributed by atoms with E-state index in [9.17, 15) is 0 Å². The van der Waals surface area contributed by atoms with Crippen LogP contribution in [0.5, 0.6) is 0 Å². The first-order valence-electron chi connectivity index (χ1n) is 2.72. The number of furan rings is 1. The van der Waals surface area contributed by atoms with Crippen molar-refractivity contribution in [2.75, 3.05) is 0 Å². The van der Waals surface area contributed by atoms with Gasteiger partial charge in [-0.1, -0.05) is 0 Å². The van der Waals surface area contributed by atoms with Crippen molar-refractivity contribution < 1.29 is 4.42 Å². The summed E-state index contributed by atoms with van der Waals surface area (Å²) in [6.45, 7) is 0. The second-order valence-corrected chi connectivity index (χ2v) is 2.77. The number of hydrogen-bond donors (Lipinski definition) is 0. The van der Waals surface area contributed by atoms with Crippen LogP contribution >= 0.6 is 22.6 Å². The van der Waals surface area contributed by atoms with Crippen LogP contribution in [0.15, 0.2) is 22.9 Å². The molecule has 0 saturated heterocycles. The molecule has 0 spiro atoms. The molecule has 0 saturated carbocycles. The number of fused-ring (bicyclic) bond motifs is 1. The Morgan fingerprint density at radius 2 is 2.40 bits per heavy atom. The molecule has 0 fully saturated rings. The Balaban J connectivity index is 2.86. The lowest BCUT2D eigenvalue weighted by Gasteiger charge is -1.86. The Bertz CT molecular complexity index is 357. The average Bonchev–Trinajstić information content (AvgIpc) is 2.33. The van der Waals surface area contributed by atoms with Crippen LogP contribution in [-0.2, 0) is 0 Å². The highest BCUT2D eigenvalue weighted by Crippen LogP contribution is 2.11. The summed E-state index contributed by atoms with van der Waals surface area (Å²) in [4.78, 5) is 8.08. The largest absolute Gasteiger partial charge is 0.461 e. The Labute approximate surface area is 70.6 Å². The maximum absolute atomic E-state index is 5.04. The third-order valence-electron chi connectivity index (χ3n) is 1.17. The highest BCUT2D eigenvalue weighted by Gasteiger charge is 1.97. The SMILES string of the molecule is Ic1ncc2occc2n1. The van der Waals surface area contributed by atoms with Crippen molar-refractivity contribution >= 4 is 33.7 Å². The van der Waals surface area contributed by atoms with Crippen LogP contribution in [0.1, 0.15) is 0 Å². The van der Waals surface area contributed by atoms with Gasteiger partial charge < -0.3 is 4.42 Å². The minimum atomic E-state index is 0.736. The molecule has 0 radical (unpaired) electrons. The lowest BCUT2D eigenvalue weighted by Crippen LogP contribution is -1.83. The fraction of sp³-hybridized carbons (Fsp3) is 0. The molecule has 0 aliphatic heterocycles. The van der Waals surface area contributed by atoms with Crippen molar-refractivity contribution in [1.29, 1.82) is 0 Å². The van der Waals surface area contributed by atoms with Crippen LogP contribution < -0.4 is 0 Å². The Kier molecular flexibility index (Phi) is 1.33. The van der Waals surface area contributed by atoms with Crippen molar-refractivity contribution in [2.45, 2.75) is 0 Å². The first kappa shape index (κ1) is 6.09. The minimum Gasteiger partial charge on any atom is -0.461 e. The predicted octanol–water partition coefficient (Wildman–Crippen LogP) is 1.83. The smallest absolute Gasteiger partial charge is 0.191 e. The summed E-state index contributed by atoms with van der Waals surface area (Å²) in [6.07, 6.45) is 3.28. The zero-order valence-electron chi connectivity index (χ0n) is 4.91. The second kappa shape index (κ2) is 2.19. The molecule has 0 unspecified atom stereocenters. The molecular formula is C6H3IN2O. The van der Waals surface area contributed by atoms with Gasteiger partial charge >= 0.3 is 0 Å². The van der Waals surface area contributed by atoms with Gasteiger partial charge in [-0.05, 0) is 0 Å². The normalized spacial score (nSPS) is 10.5. The van der Waals surface area contributed by atoms with E-state index >= 15 is 0 Å². The van der Waals surface area contributed by atoms with Gasteiger partial charge in [-0.3, -0.25) is 0 Å². The van der Waals surface area contributed by atoms with Crippen molar-refractivity contribution in [3.63, 3.8) is 0 Å². The average molecular weight is 246 g/mol. The van der Waals surface area contributed by atoms with Gasteiger partial charge in [-0.2, -0.15) is 0 Å². The molecule has 0 bridgehead atoms. The van der Waals surface area contributed by atoms with Crippen LogP contribution in [0.2, 0.25) is 0 Å². The Hall–Kier alpha value is -0.650. The third-order valence-corrected chi connectivity index (χ3v) is 1.69. The molecule has 2 heterocycles. The van der Waals surface area contributed by atoms with Gasteiger partial charge in [0.15, 0.2) is 9.41 Å². The van der Waals surface area contributed by atoms with E-state index in [-0.39, 0.29) is 0 Å². The first-order chi connectivity index (χ1) is 4.86. The van der Waals surface area contributed by atoms with Crippen LogP contribution in [0, 0.1) is 3.83 Å². The molecule has 10 heavy (non-hydrogen) atoms. The van der Waals surface area contributed by atoms with Crippen LogP contribution in [0.25, 0.3) is 11.1 Å². The lowest BCUT2D eigenvalue weighted by molar-refractivity contribution is 0.613. The number of rotatable bonds is 0. The molecule has 0 aliphatic rings. The minimum absolute atomic E-state index is 0.736. The Morgan fingerprint density at radius 1 is 1.50 bits per heavy atom. The fourth-order valence-corrected chi connectivity index (χ4v) is 1.14. The third kappa shape index (κ3) is 0.880. The van der Waals surface area contributed by atoms with Crippen molar-refractivity contribution in [2.24, 2.45) is 0 Å². The molecule has 0 amide bonds. The molecule has 2 rings (SSSR count). The van der Waals surface area contributed by atoms with Gasteiger partial charge in [0.2, 0.25) is 0 Å². The second-order valence-electron chi connectivity index (χ2n) is 1.81. The monoisotopic (exact) mass is 246 g/mol. The highest BCUT2D eigenvalue weighted by atomic mass is 127. The summed E-state index contributed by atoms with van der Waals surface area (Å²) in [5.41, 5.74) is 1.60. The van der Waals surface area contributed by atoms with E-state index in [0.29, 0.717) is 0 Å². The van der Waals surface area contributed by atoms with E-state index in [1.165, 1.54) is 0 Å². The molecule has 50 valence electrons. The fourth-order valence-electron chi connectivity index (χ4n) is 0.743. The summed E-state index contributed by atoms with van der Waals surface area (Å²) < 4.78 is 5.79. The quantitative estimate of drug-likeness (QED) is 0.525. The summed E-state index contributed by atoms with van der Waals surface area (Å²) in [5, 5.41) is 0. The molecule has 3 nitrogen and oxygen atoms in total. The first-order valence-corrected chi connectivity index (χ1v) is 3.80. The number of nitrogens with zero attached hydrogens (tertiary/aromatic N) is 2. The van der Waals surface area contributed by atoms with Gasteiger partial charge in [0.05, 0.1) is 12.5 Å². The molecule has 2 aromatic rings. The van der Waals surface area contributed by atoms with Crippen LogP contribution in [-0.4, -0.2) is 9.97 Å². The van der Waals surface area contributed by atoms with E-state index in [0.717, 1.165) is 14.9 Å². The summed E-state index contributed by atoms with van der Waals surface area (Å²) in [7, 11) is 0. The van der Waals surface area contributed by atoms with Gasteiger partial charge in [0.1, 0.15) is 5.52 Å². The zero-order chi connectivity index (χ0) is 6.97. The Morgan fingerprint density at radius 3 is 3.30 bits per heavy atom. The molecule has 0 N–H and O–H groups in total. The molecular weight excluding hydrogens is 243 g/mol. The van der Waals surface area contributed by atoms with E-state index in [1.807, 2.05) is 6.07 Å². The number of aromatic nitrogens is 2. The van der Waals surface area contributed by atoms with Gasteiger partial charge in [-0.15, -0.1) is 0 Å². The molecule has 0 atom stereocenters. The summed E-state index contributed by atoms with van der Waals surface area (Å²) in [6, 6.07) is 1.82.